The van der Waals surface area contributed by atoms with Gasteiger partial charge in [0.05, 0.1) is 5.69 Å². The second-order valence-corrected chi connectivity index (χ2v) is 5.95. The van der Waals surface area contributed by atoms with Gasteiger partial charge < -0.3 is 15.1 Å². The monoisotopic (exact) mass is 272 g/mol. The van der Waals surface area contributed by atoms with Crippen molar-refractivity contribution in [2.75, 3.05) is 36.0 Å². The molecule has 1 unspecified atom stereocenters. The third-order valence-electron chi connectivity index (χ3n) is 4.56. The van der Waals surface area contributed by atoms with E-state index in [-0.39, 0.29) is 5.92 Å². The molecule has 2 fully saturated rings. The maximum absolute atomic E-state index is 12.5. The van der Waals surface area contributed by atoms with Crippen molar-refractivity contribution in [3.05, 3.63) is 18.3 Å². The smallest absolute Gasteiger partial charge is 0.230 e. The Morgan fingerprint density at radius 1 is 1.30 bits per heavy atom. The molecule has 5 heteroatoms. The largest absolute Gasteiger partial charge is 0.349 e. The first-order chi connectivity index (χ1) is 9.84. The highest BCUT2D eigenvalue weighted by Crippen LogP contribution is 2.38. The van der Waals surface area contributed by atoms with E-state index in [1.54, 1.807) is 0 Å². The van der Waals surface area contributed by atoms with Crippen LogP contribution in [0.4, 0.5) is 11.5 Å². The molecule has 1 atom stereocenters. The maximum atomic E-state index is 12.5. The Labute approximate surface area is 119 Å². The maximum Gasteiger partial charge on any atom is 0.230 e. The lowest BCUT2D eigenvalue weighted by molar-refractivity contribution is -0.119. The summed E-state index contributed by atoms with van der Waals surface area (Å²) in [6, 6.07) is 4.44. The Morgan fingerprint density at radius 3 is 3.05 bits per heavy atom. The summed E-state index contributed by atoms with van der Waals surface area (Å²) >= 11 is 0. The van der Waals surface area contributed by atoms with Crippen molar-refractivity contribution in [2.45, 2.75) is 25.3 Å². The van der Waals surface area contributed by atoms with Crippen molar-refractivity contribution in [1.82, 2.24) is 10.3 Å². The van der Waals surface area contributed by atoms with Crippen molar-refractivity contribution in [1.29, 1.82) is 0 Å². The number of rotatable bonds is 1. The fourth-order valence-electron chi connectivity index (χ4n) is 3.30. The van der Waals surface area contributed by atoms with Gasteiger partial charge in [0, 0.05) is 44.3 Å². The predicted molar refractivity (Wildman–Crippen MR) is 77.9 cm³/mol. The van der Waals surface area contributed by atoms with Gasteiger partial charge in [0.1, 0.15) is 0 Å². The third kappa shape index (κ3) is 1.97. The molecule has 1 N–H and O–H groups in total. The number of carbonyl (C=O) groups is 1. The molecule has 0 bridgehead atoms. The van der Waals surface area contributed by atoms with Crippen LogP contribution in [0.2, 0.25) is 0 Å². The minimum Gasteiger partial charge on any atom is -0.349 e. The van der Waals surface area contributed by atoms with Gasteiger partial charge in [-0.25, -0.2) is 4.98 Å². The van der Waals surface area contributed by atoms with Gasteiger partial charge in [0.25, 0.3) is 0 Å². The molecule has 1 aromatic rings. The van der Waals surface area contributed by atoms with Crippen LogP contribution in [0.25, 0.3) is 0 Å². The Hall–Kier alpha value is -1.62. The lowest BCUT2D eigenvalue weighted by atomic mass is 10.1. The molecular weight excluding hydrogens is 252 g/mol. The fourth-order valence-corrected chi connectivity index (χ4v) is 3.30. The molecule has 20 heavy (non-hydrogen) atoms. The van der Waals surface area contributed by atoms with Crippen LogP contribution >= 0.6 is 0 Å². The molecule has 1 saturated carbocycles. The first-order valence-electron chi connectivity index (χ1n) is 7.58. The van der Waals surface area contributed by atoms with E-state index in [4.69, 9.17) is 0 Å². The zero-order valence-corrected chi connectivity index (χ0v) is 11.6. The molecule has 1 aliphatic carbocycles. The van der Waals surface area contributed by atoms with Gasteiger partial charge in [0.2, 0.25) is 5.91 Å². The number of nitrogens with zero attached hydrogens (tertiary/aromatic N) is 3. The minimum atomic E-state index is 0.260. The number of pyridine rings is 1. The number of hydrogen-bond donors (Lipinski definition) is 1. The summed E-state index contributed by atoms with van der Waals surface area (Å²) in [5.41, 5.74) is 1.01. The van der Waals surface area contributed by atoms with E-state index in [0.717, 1.165) is 56.9 Å². The third-order valence-corrected chi connectivity index (χ3v) is 4.56. The standard InChI is InChI=1S/C15H20N4O/c20-15(11-3-4-11)19-8-5-12-10-16-7-9-18(12)14-13(19)2-1-6-17-14/h1-2,6,11-12,16H,3-5,7-10H2. The molecule has 1 amide bonds. The van der Waals surface area contributed by atoms with Crippen LogP contribution in [0.1, 0.15) is 19.3 Å². The van der Waals surface area contributed by atoms with E-state index >= 15 is 0 Å². The van der Waals surface area contributed by atoms with Crippen molar-refractivity contribution >= 4 is 17.4 Å². The average molecular weight is 272 g/mol. The molecule has 3 heterocycles. The number of nitrogens with one attached hydrogen (secondary N) is 1. The van der Waals surface area contributed by atoms with Gasteiger partial charge in [-0.1, -0.05) is 0 Å². The number of carbonyl (C=O) groups excluding carboxylic acids is 1. The summed E-state index contributed by atoms with van der Waals surface area (Å²) < 4.78 is 0. The van der Waals surface area contributed by atoms with Crippen LogP contribution in [0.3, 0.4) is 0 Å². The van der Waals surface area contributed by atoms with Crippen LogP contribution < -0.4 is 15.1 Å². The summed E-state index contributed by atoms with van der Waals surface area (Å²) in [6.45, 7) is 3.77. The molecule has 1 aromatic heterocycles. The van der Waals surface area contributed by atoms with Gasteiger partial charge >= 0.3 is 0 Å². The highest BCUT2D eigenvalue weighted by molar-refractivity contribution is 5.99. The Morgan fingerprint density at radius 2 is 2.20 bits per heavy atom. The summed E-state index contributed by atoms with van der Waals surface area (Å²) in [6.07, 6.45) is 4.96. The van der Waals surface area contributed by atoms with E-state index in [0.29, 0.717) is 11.9 Å². The van der Waals surface area contributed by atoms with E-state index in [9.17, 15) is 4.79 Å². The molecule has 3 aliphatic rings. The Kier molecular flexibility index (Phi) is 2.88. The van der Waals surface area contributed by atoms with Crippen molar-refractivity contribution in [3.63, 3.8) is 0 Å². The van der Waals surface area contributed by atoms with Gasteiger partial charge in [0.15, 0.2) is 5.82 Å². The molecule has 0 radical (unpaired) electrons. The lowest BCUT2D eigenvalue weighted by Gasteiger charge is -2.36. The Balaban J connectivity index is 1.74. The molecule has 106 valence electrons. The van der Waals surface area contributed by atoms with Gasteiger partial charge in [-0.05, 0) is 31.4 Å². The topological polar surface area (TPSA) is 48.5 Å². The fraction of sp³-hybridized carbons (Fsp3) is 0.600. The summed E-state index contributed by atoms with van der Waals surface area (Å²) in [7, 11) is 0. The van der Waals surface area contributed by atoms with Crippen LogP contribution in [-0.4, -0.2) is 43.1 Å². The van der Waals surface area contributed by atoms with Crippen LogP contribution in [0.5, 0.6) is 0 Å². The van der Waals surface area contributed by atoms with E-state index in [2.05, 4.69) is 15.2 Å². The van der Waals surface area contributed by atoms with Crippen LogP contribution in [0.15, 0.2) is 18.3 Å². The zero-order chi connectivity index (χ0) is 13.5. The first-order valence-corrected chi connectivity index (χ1v) is 7.58. The molecular formula is C15H20N4O. The summed E-state index contributed by atoms with van der Waals surface area (Å²) in [5, 5.41) is 3.45. The Bertz CT molecular complexity index is 528. The van der Waals surface area contributed by atoms with Crippen molar-refractivity contribution in [2.24, 2.45) is 5.92 Å². The number of hydrogen-bond acceptors (Lipinski definition) is 4. The average Bonchev–Trinajstić information content (AvgIpc) is 3.33. The molecule has 0 aromatic carbocycles. The molecule has 5 nitrogen and oxygen atoms in total. The number of amides is 1. The summed E-state index contributed by atoms with van der Waals surface area (Å²) in [4.78, 5) is 21.5. The number of piperazine rings is 1. The van der Waals surface area contributed by atoms with E-state index in [1.807, 2.05) is 23.2 Å². The minimum absolute atomic E-state index is 0.260. The predicted octanol–water partition coefficient (Wildman–Crippen LogP) is 1.01. The van der Waals surface area contributed by atoms with Crippen LogP contribution in [0, 0.1) is 5.92 Å². The normalized spacial score (nSPS) is 25.7. The second-order valence-electron chi connectivity index (χ2n) is 5.95. The van der Waals surface area contributed by atoms with Gasteiger partial charge in [-0.2, -0.15) is 0 Å². The molecule has 4 rings (SSSR count). The number of aromatic nitrogens is 1. The number of anilines is 2. The van der Waals surface area contributed by atoms with Gasteiger partial charge in [-0.15, -0.1) is 0 Å². The SMILES string of the molecule is O=C(C1CC1)N1CCC2CNCCN2c2ncccc21. The van der Waals surface area contributed by atoms with Crippen molar-refractivity contribution in [3.8, 4) is 0 Å². The van der Waals surface area contributed by atoms with E-state index in [1.165, 1.54) is 0 Å². The number of fused-ring (bicyclic) bond motifs is 3. The molecule has 1 saturated heterocycles. The van der Waals surface area contributed by atoms with Gasteiger partial charge in [-0.3, -0.25) is 4.79 Å². The highest BCUT2D eigenvalue weighted by Gasteiger charge is 2.38. The summed E-state index contributed by atoms with van der Waals surface area (Å²) in [5.74, 6) is 1.55. The molecule has 0 spiro atoms. The lowest BCUT2D eigenvalue weighted by Crippen LogP contribution is -2.51. The zero-order valence-electron chi connectivity index (χ0n) is 11.6. The van der Waals surface area contributed by atoms with Crippen LogP contribution in [-0.2, 0) is 4.79 Å². The first kappa shape index (κ1) is 12.1. The second kappa shape index (κ2) is 4.74. The molecule has 2 aliphatic heterocycles. The highest BCUT2D eigenvalue weighted by atomic mass is 16.2. The van der Waals surface area contributed by atoms with Crippen molar-refractivity contribution < 1.29 is 4.79 Å². The quantitative estimate of drug-likeness (QED) is 0.829. The van der Waals surface area contributed by atoms with E-state index < -0.39 is 0 Å².